The molecule has 3 saturated carbocycles. The molecule has 0 amide bonds. The van der Waals surface area contributed by atoms with E-state index in [4.69, 9.17) is 4.74 Å². The molecule has 0 bridgehead atoms. The highest BCUT2D eigenvalue weighted by atomic mass is 16.5. The second-order valence-corrected chi connectivity index (χ2v) is 16.5. The Morgan fingerprint density at radius 1 is 0.886 bits per heavy atom. The van der Waals surface area contributed by atoms with Gasteiger partial charge in [0, 0.05) is 6.42 Å². The maximum absolute atomic E-state index is 13.5. The van der Waals surface area contributed by atoms with E-state index in [9.17, 15) is 4.79 Å². The summed E-state index contributed by atoms with van der Waals surface area (Å²) in [5, 5.41) is 0. The maximum Gasteiger partial charge on any atom is 0.338 e. The Morgan fingerprint density at radius 3 is 2.39 bits per heavy atom. The van der Waals surface area contributed by atoms with Crippen molar-refractivity contribution in [3.8, 4) is 11.1 Å². The van der Waals surface area contributed by atoms with Crippen molar-refractivity contribution in [3.63, 3.8) is 0 Å². The topological polar surface area (TPSA) is 26.3 Å². The summed E-state index contributed by atoms with van der Waals surface area (Å²) < 4.78 is 6.29. The number of carbonyl (C=O) groups is 1. The van der Waals surface area contributed by atoms with E-state index in [1.807, 2.05) is 13.0 Å². The Kier molecular flexibility index (Phi) is 8.95. The Bertz CT molecular complexity index is 1370. The van der Waals surface area contributed by atoms with Crippen molar-refractivity contribution in [2.75, 3.05) is 0 Å². The SMILES string of the molecule is Cc1ccc(-c2ccc(C)c(C(=O)OC3CCC4(C)C(=CCC5C4CCC4(C)C(C(C)CCCC(C)C)CCC54)C3)c2)cc1. The molecule has 8 atom stereocenters. The Balaban J connectivity index is 1.12. The molecule has 0 aliphatic heterocycles. The van der Waals surface area contributed by atoms with Crippen molar-refractivity contribution in [1.82, 2.24) is 0 Å². The molecule has 2 heteroatoms. The molecule has 3 fully saturated rings. The van der Waals surface area contributed by atoms with Crippen LogP contribution in [0.5, 0.6) is 0 Å². The average molecular weight is 595 g/mol. The predicted octanol–water partition coefficient (Wildman–Crippen LogP) is 11.5. The van der Waals surface area contributed by atoms with Gasteiger partial charge in [0.05, 0.1) is 5.56 Å². The van der Waals surface area contributed by atoms with Crippen molar-refractivity contribution in [2.45, 2.75) is 125 Å². The minimum Gasteiger partial charge on any atom is -0.458 e. The molecule has 238 valence electrons. The smallest absolute Gasteiger partial charge is 0.338 e. The quantitative estimate of drug-likeness (QED) is 0.224. The van der Waals surface area contributed by atoms with Crippen LogP contribution in [0.3, 0.4) is 0 Å². The molecule has 0 saturated heterocycles. The minimum atomic E-state index is -0.160. The van der Waals surface area contributed by atoms with E-state index in [0.717, 1.165) is 71.5 Å². The fourth-order valence-electron chi connectivity index (χ4n) is 10.7. The summed E-state index contributed by atoms with van der Waals surface area (Å²) >= 11 is 0. The van der Waals surface area contributed by atoms with E-state index >= 15 is 0 Å². The zero-order valence-corrected chi connectivity index (χ0v) is 28.8. The Labute approximate surface area is 268 Å². The summed E-state index contributed by atoms with van der Waals surface area (Å²) in [7, 11) is 0. The third-order valence-electron chi connectivity index (χ3n) is 13.4. The van der Waals surface area contributed by atoms with E-state index in [1.54, 1.807) is 5.57 Å². The summed E-state index contributed by atoms with van der Waals surface area (Å²) in [6, 6.07) is 14.7. The van der Waals surface area contributed by atoms with Crippen molar-refractivity contribution in [3.05, 3.63) is 70.8 Å². The third kappa shape index (κ3) is 5.85. The van der Waals surface area contributed by atoms with E-state index in [1.165, 1.54) is 56.9 Å². The van der Waals surface area contributed by atoms with Crippen molar-refractivity contribution in [1.29, 1.82) is 0 Å². The van der Waals surface area contributed by atoms with Crippen LogP contribution >= 0.6 is 0 Å². The van der Waals surface area contributed by atoms with Crippen LogP contribution < -0.4 is 0 Å². The van der Waals surface area contributed by atoms with Gasteiger partial charge < -0.3 is 4.74 Å². The number of esters is 1. The minimum absolute atomic E-state index is 0.0165. The highest BCUT2D eigenvalue weighted by Gasteiger charge is 2.59. The number of allylic oxidation sites excluding steroid dienone is 1. The van der Waals surface area contributed by atoms with Crippen LogP contribution in [-0.2, 0) is 4.74 Å². The van der Waals surface area contributed by atoms with Gasteiger partial charge in [-0.05, 0) is 128 Å². The lowest BCUT2D eigenvalue weighted by Gasteiger charge is -2.58. The number of carbonyl (C=O) groups excluding carboxylic acids is 1. The van der Waals surface area contributed by atoms with Gasteiger partial charge >= 0.3 is 5.97 Å². The Hall–Kier alpha value is -2.35. The fourth-order valence-corrected chi connectivity index (χ4v) is 10.7. The van der Waals surface area contributed by atoms with Crippen LogP contribution in [0, 0.1) is 60.2 Å². The zero-order valence-electron chi connectivity index (χ0n) is 28.8. The molecule has 6 rings (SSSR count). The Morgan fingerprint density at radius 2 is 1.64 bits per heavy atom. The lowest BCUT2D eigenvalue weighted by atomic mass is 9.47. The number of rotatable bonds is 8. The summed E-state index contributed by atoms with van der Waals surface area (Å²) in [5.41, 5.74) is 7.53. The molecule has 2 aromatic rings. The standard InChI is InChI=1S/C42H58O2/c1-27(2)9-8-10-30(5)37-19-20-38-35-18-17-33-26-34(21-23-41(33,6)39(35)22-24-42(37,38)7)44-40(43)36-25-32(16-13-29(36)4)31-14-11-28(3)12-15-31/h11-17,25,27,30,34-35,37-39H,8-10,18-24,26H2,1-7H3. The van der Waals surface area contributed by atoms with Crippen LogP contribution in [0.2, 0.25) is 0 Å². The summed E-state index contributed by atoms with van der Waals surface area (Å²) in [4.78, 5) is 13.5. The van der Waals surface area contributed by atoms with Crippen molar-refractivity contribution < 1.29 is 9.53 Å². The molecule has 0 heterocycles. The number of hydrogen-bond acceptors (Lipinski definition) is 2. The monoisotopic (exact) mass is 594 g/mol. The van der Waals surface area contributed by atoms with E-state index < -0.39 is 0 Å². The van der Waals surface area contributed by atoms with E-state index in [0.29, 0.717) is 11.0 Å². The van der Waals surface area contributed by atoms with Crippen LogP contribution in [0.25, 0.3) is 11.1 Å². The van der Waals surface area contributed by atoms with Gasteiger partial charge in [0.25, 0.3) is 0 Å². The molecule has 0 N–H and O–H groups in total. The molecule has 4 aliphatic rings. The van der Waals surface area contributed by atoms with Crippen LogP contribution in [0.4, 0.5) is 0 Å². The van der Waals surface area contributed by atoms with Gasteiger partial charge in [-0.2, -0.15) is 0 Å². The van der Waals surface area contributed by atoms with Gasteiger partial charge in [-0.25, -0.2) is 4.79 Å². The predicted molar refractivity (Wildman–Crippen MR) is 184 cm³/mol. The molecular weight excluding hydrogens is 536 g/mol. The first-order valence-corrected chi connectivity index (χ1v) is 18.1. The zero-order chi connectivity index (χ0) is 31.2. The molecule has 4 aliphatic carbocycles. The molecule has 0 radical (unpaired) electrons. The third-order valence-corrected chi connectivity index (χ3v) is 13.4. The summed E-state index contributed by atoms with van der Waals surface area (Å²) in [6.45, 7) is 16.7. The molecule has 8 unspecified atom stereocenters. The van der Waals surface area contributed by atoms with Gasteiger partial charge in [0.15, 0.2) is 0 Å². The molecule has 0 spiro atoms. The molecule has 2 aromatic carbocycles. The van der Waals surface area contributed by atoms with E-state index in [-0.39, 0.29) is 17.5 Å². The highest BCUT2D eigenvalue weighted by Crippen LogP contribution is 2.67. The van der Waals surface area contributed by atoms with E-state index in [2.05, 4.69) is 84.0 Å². The van der Waals surface area contributed by atoms with Crippen LogP contribution in [-0.4, -0.2) is 12.1 Å². The van der Waals surface area contributed by atoms with Gasteiger partial charge in [0.2, 0.25) is 0 Å². The maximum atomic E-state index is 13.5. The molecular formula is C42H58O2. The van der Waals surface area contributed by atoms with Crippen LogP contribution in [0.15, 0.2) is 54.1 Å². The lowest BCUT2D eigenvalue weighted by Crippen LogP contribution is -2.51. The number of hydrogen-bond donors (Lipinski definition) is 0. The molecule has 0 aromatic heterocycles. The number of aryl methyl sites for hydroxylation is 2. The average Bonchev–Trinajstić information content (AvgIpc) is 3.35. The van der Waals surface area contributed by atoms with Crippen molar-refractivity contribution in [2.24, 2.45) is 46.3 Å². The molecule has 2 nitrogen and oxygen atoms in total. The lowest BCUT2D eigenvalue weighted by molar-refractivity contribution is -0.0594. The number of ether oxygens (including phenoxy) is 1. The fraction of sp³-hybridized carbons (Fsp3) is 0.643. The van der Waals surface area contributed by atoms with Crippen molar-refractivity contribution >= 4 is 5.97 Å². The second-order valence-electron chi connectivity index (χ2n) is 16.5. The number of benzene rings is 2. The first-order chi connectivity index (χ1) is 21.0. The van der Waals surface area contributed by atoms with Gasteiger partial charge in [-0.3, -0.25) is 0 Å². The summed E-state index contributed by atoms with van der Waals surface area (Å²) in [5.74, 6) is 4.94. The van der Waals surface area contributed by atoms with Gasteiger partial charge in [-0.1, -0.05) is 107 Å². The highest BCUT2D eigenvalue weighted by molar-refractivity contribution is 5.92. The first kappa shape index (κ1) is 31.6. The molecule has 44 heavy (non-hydrogen) atoms. The first-order valence-electron chi connectivity index (χ1n) is 18.1. The van der Waals surface area contributed by atoms with Gasteiger partial charge in [0.1, 0.15) is 6.10 Å². The van der Waals surface area contributed by atoms with Gasteiger partial charge in [-0.15, -0.1) is 0 Å². The number of fused-ring (bicyclic) bond motifs is 5. The summed E-state index contributed by atoms with van der Waals surface area (Å²) in [6.07, 6.45) is 16.8. The second kappa shape index (κ2) is 12.4. The normalized spacial score (nSPS) is 33.6. The largest absolute Gasteiger partial charge is 0.458 e. The van der Waals surface area contributed by atoms with Crippen LogP contribution in [0.1, 0.15) is 127 Å².